The van der Waals surface area contributed by atoms with Gasteiger partial charge in [0.05, 0.1) is 0 Å². The highest BCUT2D eigenvalue weighted by atomic mass is 16.6. The van der Waals surface area contributed by atoms with Crippen molar-refractivity contribution >= 4 is 17.9 Å². The first-order valence-corrected chi connectivity index (χ1v) is 24.5. The average molecular weight is 867 g/mol. The molecule has 0 aliphatic heterocycles. The van der Waals surface area contributed by atoms with Gasteiger partial charge in [-0.05, 0) is 89.9 Å². The van der Waals surface area contributed by atoms with Crippen molar-refractivity contribution in [3.63, 3.8) is 0 Å². The number of esters is 3. The summed E-state index contributed by atoms with van der Waals surface area (Å²) in [7, 11) is 0. The van der Waals surface area contributed by atoms with Crippen LogP contribution < -0.4 is 0 Å². The van der Waals surface area contributed by atoms with E-state index < -0.39 is 6.10 Å². The van der Waals surface area contributed by atoms with Gasteiger partial charge in [-0.25, -0.2) is 0 Å². The number of carbonyl (C=O) groups is 3. The maximum Gasteiger partial charge on any atom is 0.306 e. The zero-order valence-corrected chi connectivity index (χ0v) is 39.8. The monoisotopic (exact) mass is 867 g/mol. The Balaban J connectivity index is 4.56. The molecule has 0 saturated carbocycles. The summed E-state index contributed by atoms with van der Waals surface area (Å²) in [4.78, 5) is 37.9. The minimum absolute atomic E-state index is 0.120. The molecule has 0 aliphatic carbocycles. The van der Waals surface area contributed by atoms with Crippen LogP contribution in [0.25, 0.3) is 0 Å². The fourth-order valence-corrected chi connectivity index (χ4v) is 5.91. The standard InChI is InChI=1S/C57H86O6/c1-4-7-10-13-16-19-22-25-27-28-29-31-32-35-38-41-44-47-50-56(59)62-53-54(52-61-55(58)49-46-43-40-37-34-24-21-18-15-12-9-6-3)63-57(60)51-48-45-42-39-36-33-30-26-23-20-17-14-11-8-5-2/h8-14,16-23,25-31,34,37,54H,4-7,15,24,32-33,35-36,38-53H2,1-3H3/b11-8-,12-9-,13-10-,17-14-,19-16-,21-18-,23-20-,25-22-,28-27-,30-26-,31-29-,37-34-. The molecular weight excluding hydrogens is 781 g/mol. The van der Waals surface area contributed by atoms with Crippen molar-refractivity contribution in [2.75, 3.05) is 13.2 Å². The highest BCUT2D eigenvalue weighted by molar-refractivity contribution is 5.71. The fourth-order valence-electron chi connectivity index (χ4n) is 5.91. The van der Waals surface area contributed by atoms with Gasteiger partial charge in [-0.15, -0.1) is 0 Å². The lowest BCUT2D eigenvalue weighted by Crippen LogP contribution is -2.30. The van der Waals surface area contributed by atoms with E-state index in [0.717, 1.165) is 122 Å². The Morgan fingerprint density at radius 1 is 0.349 bits per heavy atom. The molecule has 0 heterocycles. The molecule has 6 nitrogen and oxygen atoms in total. The molecule has 1 unspecified atom stereocenters. The summed E-state index contributed by atoms with van der Waals surface area (Å²) in [6.07, 6.45) is 71.1. The molecule has 1 atom stereocenters. The van der Waals surface area contributed by atoms with Crippen molar-refractivity contribution in [2.24, 2.45) is 0 Å². The lowest BCUT2D eigenvalue weighted by molar-refractivity contribution is -0.167. The van der Waals surface area contributed by atoms with Gasteiger partial charge in [0.25, 0.3) is 0 Å². The average Bonchev–Trinajstić information content (AvgIpc) is 3.28. The number of unbranched alkanes of at least 4 members (excludes halogenated alkanes) is 13. The maximum absolute atomic E-state index is 12.8. The van der Waals surface area contributed by atoms with Crippen molar-refractivity contribution in [1.82, 2.24) is 0 Å². The van der Waals surface area contributed by atoms with Crippen molar-refractivity contribution in [2.45, 2.75) is 181 Å². The van der Waals surface area contributed by atoms with E-state index in [-0.39, 0.29) is 37.5 Å². The van der Waals surface area contributed by atoms with E-state index in [0.29, 0.717) is 19.3 Å². The minimum atomic E-state index is -0.823. The molecule has 0 radical (unpaired) electrons. The normalized spacial score (nSPS) is 13.4. The zero-order chi connectivity index (χ0) is 45.8. The van der Waals surface area contributed by atoms with E-state index >= 15 is 0 Å². The molecule has 0 rings (SSSR count). The Morgan fingerprint density at radius 3 is 1.19 bits per heavy atom. The van der Waals surface area contributed by atoms with E-state index in [4.69, 9.17) is 14.2 Å². The predicted molar refractivity (Wildman–Crippen MR) is 269 cm³/mol. The maximum atomic E-state index is 12.8. The van der Waals surface area contributed by atoms with Crippen LogP contribution in [-0.2, 0) is 28.6 Å². The molecule has 0 amide bonds. The highest BCUT2D eigenvalue weighted by Gasteiger charge is 2.19. The molecule has 0 aromatic carbocycles. The Morgan fingerprint density at radius 2 is 0.698 bits per heavy atom. The van der Waals surface area contributed by atoms with Gasteiger partial charge in [0, 0.05) is 19.3 Å². The number of hydrogen-bond acceptors (Lipinski definition) is 6. The molecule has 6 heteroatoms. The summed E-state index contributed by atoms with van der Waals surface area (Å²) in [5.74, 6) is -1.02. The van der Waals surface area contributed by atoms with Crippen LogP contribution >= 0.6 is 0 Å². The van der Waals surface area contributed by atoms with Gasteiger partial charge in [0.2, 0.25) is 0 Å². The quantitative estimate of drug-likeness (QED) is 0.0200. The topological polar surface area (TPSA) is 78.9 Å². The third-order valence-corrected chi connectivity index (χ3v) is 9.51. The Hall–Kier alpha value is -4.71. The zero-order valence-electron chi connectivity index (χ0n) is 39.8. The minimum Gasteiger partial charge on any atom is -0.462 e. The van der Waals surface area contributed by atoms with Crippen LogP contribution in [0.3, 0.4) is 0 Å². The van der Waals surface area contributed by atoms with Gasteiger partial charge in [0.1, 0.15) is 13.2 Å². The Labute approximate surface area is 385 Å². The molecule has 0 spiro atoms. The molecule has 0 fully saturated rings. The van der Waals surface area contributed by atoms with Crippen LogP contribution in [0.15, 0.2) is 146 Å². The second kappa shape index (κ2) is 49.9. The van der Waals surface area contributed by atoms with Crippen LogP contribution in [0.4, 0.5) is 0 Å². The molecule has 0 bridgehead atoms. The van der Waals surface area contributed by atoms with Crippen LogP contribution in [-0.4, -0.2) is 37.2 Å². The first-order valence-electron chi connectivity index (χ1n) is 24.5. The summed E-state index contributed by atoms with van der Waals surface area (Å²) in [6.45, 7) is 6.18. The number of allylic oxidation sites excluding steroid dienone is 24. The first-order chi connectivity index (χ1) is 31.0. The summed E-state index contributed by atoms with van der Waals surface area (Å²) in [5, 5.41) is 0. The number of rotatable bonds is 41. The van der Waals surface area contributed by atoms with E-state index in [2.05, 4.69) is 106 Å². The SMILES string of the molecule is CC\C=C/C=C\C=C/C=C\CCCCCCCC(=O)OC(COC(=O)CCCC/C=C\C/C=C\C/C=C\CC)COC(=O)CCCCCCC\C=C/C=C\C=C/C=C\C=C/CCC. The fraction of sp³-hybridized carbons (Fsp3) is 0.526. The summed E-state index contributed by atoms with van der Waals surface area (Å²) < 4.78 is 16.7. The lowest BCUT2D eigenvalue weighted by Gasteiger charge is -2.18. The van der Waals surface area contributed by atoms with Crippen molar-refractivity contribution in [3.8, 4) is 0 Å². The van der Waals surface area contributed by atoms with E-state index in [9.17, 15) is 14.4 Å². The molecule has 350 valence electrons. The second-order valence-corrected chi connectivity index (χ2v) is 15.5. The van der Waals surface area contributed by atoms with Crippen molar-refractivity contribution in [3.05, 3.63) is 146 Å². The van der Waals surface area contributed by atoms with E-state index in [1.54, 1.807) is 0 Å². The lowest BCUT2D eigenvalue weighted by atomic mass is 10.1. The molecule has 0 aromatic rings. The summed E-state index contributed by atoms with van der Waals surface area (Å²) >= 11 is 0. The van der Waals surface area contributed by atoms with Gasteiger partial charge in [-0.3, -0.25) is 14.4 Å². The van der Waals surface area contributed by atoms with Crippen molar-refractivity contribution < 1.29 is 28.6 Å². The number of ether oxygens (including phenoxy) is 3. The Bertz CT molecular complexity index is 1460. The van der Waals surface area contributed by atoms with Gasteiger partial charge < -0.3 is 14.2 Å². The van der Waals surface area contributed by atoms with Crippen molar-refractivity contribution in [1.29, 1.82) is 0 Å². The molecule has 0 saturated heterocycles. The molecule has 0 aromatic heterocycles. The third-order valence-electron chi connectivity index (χ3n) is 9.51. The van der Waals surface area contributed by atoms with Gasteiger partial charge in [-0.1, -0.05) is 212 Å². The van der Waals surface area contributed by atoms with E-state index in [1.165, 1.54) is 6.42 Å². The smallest absolute Gasteiger partial charge is 0.306 e. The number of carbonyl (C=O) groups excluding carboxylic acids is 3. The summed E-state index contributed by atoms with van der Waals surface area (Å²) in [5.41, 5.74) is 0. The first kappa shape index (κ1) is 58.3. The molecular formula is C57H86O6. The predicted octanol–water partition coefficient (Wildman–Crippen LogP) is 16.1. The Kier molecular flexibility index (Phi) is 46.2. The molecule has 0 N–H and O–H groups in total. The largest absolute Gasteiger partial charge is 0.462 e. The number of hydrogen-bond donors (Lipinski definition) is 0. The van der Waals surface area contributed by atoms with Crippen LogP contribution in [0, 0.1) is 0 Å². The van der Waals surface area contributed by atoms with Crippen LogP contribution in [0.1, 0.15) is 175 Å². The molecule has 0 aliphatic rings. The highest BCUT2D eigenvalue weighted by Crippen LogP contribution is 2.12. The van der Waals surface area contributed by atoms with E-state index in [1.807, 2.05) is 60.8 Å². The second-order valence-electron chi connectivity index (χ2n) is 15.5. The van der Waals surface area contributed by atoms with Crippen LogP contribution in [0.5, 0.6) is 0 Å². The van der Waals surface area contributed by atoms with Gasteiger partial charge in [0.15, 0.2) is 6.10 Å². The third kappa shape index (κ3) is 48.2. The molecule has 63 heavy (non-hydrogen) atoms. The van der Waals surface area contributed by atoms with Gasteiger partial charge in [-0.2, -0.15) is 0 Å². The van der Waals surface area contributed by atoms with Crippen LogP contribution in [0.2, 0.25) is 0 Å². The van der Waals surface area contributed by atoms with Gasteiger partial charge >= 0.3 is 17.9 Å². The summed E-state index contributed by atoms with van der Waals surface area (Å²) in [6, 6.07) is 0.